The number of nitrogens with one attached hydrogen (secondary N) is 1. The van der Waals surface area contributed by atoms with Gasteiger partial charge in [0, 0.05) is 13.0 Å². The van der Waals surface area contributed by atoms with Crippen LogP contribution in [0.25, 0.3) is 0 Å². The highest BCUT2D eigenvalue weighted by Gasteiger charge is 2.14. The molecule has 4 heteroatoms. The fourth-order valence-electron chi connectivity index (χ4n) is 1.47. The third kappa shape index (κ3) is 4.78. The number of carbonyl (C=O) groups excluding carboxylic acids is 2. The Bertz CT molecular complexity index is 376. The van der Waals surface area contributed by atoms with Crippen molar-refractivity contribution in [1.82, 2.24) is 5.32 Å². The van der Waals surface area contributed by atoms with E-state index in [1.54, 1.807) is 0 Å². The van der Waals surface area contributed by atoms with Crippen LogP contribution in [0.4, 0.5) is 0 Å². The largest absolute Gasteiger partial charge is 0.354 e. The molecular weight excluding hydrogens is 216 g/mol. The zero-order valence-electron chi connectivity index (χ0n) is 9.98. The summed E-state index contributed by atoms with van der Waals surface area (Å²) < 4.78 is 0. The maximum Gasteiger partial charge on any atom is 0.241 e. The molecule has 1 unspecified atom stereocenters. The van der Waals surface area contributed by atoms with Crippen LogP contribution < -0.4 is 11.1 Å². The van der Waals surface area contributed by atoms with Crippen LogP contribution in [0.2, 0.25) is 0 Å². The van der Waals surface area contributed by atoms with Gasteiger partial charge in [-0.2, -0.15) is 0 Å². The summed E-state index contributed by atoms with van der Waals surface area (Å²) in [6, 6.07) is 8.56. The second-order valence-electron chi connectivity index (χ2n) is 3.98. The zero-order valence-corrected chi connectivity index (χ0v) is 9.98. The van der Waals surface area contributed by atoms with E-state index in [0.717, 1.165) is 5.56 Å². The number of nitrogens with two attached hydrogens (primary N) is 1. The molecule has 92 valence electrons. The number of amides is 1. The average Bonchev–Trinajstić information content (AvgIpc) is 2.34. The van der Waals surface area contributed by atoms with E-state index < -0.39 is 6.04 Å². The van der Waals surface area contributed by atoms with Crippen LogP contribution in [-0.2, 0) is 9.59 Å². The second kappa shape index (κ2) is 6.81. The predicted octanol–water partition coefficient (Wildman–Crippen LogP) is 1.17. The van der Waals surface area contributed by atoms with E-state index in [4.69, 9.17) is 5.73 Å². The number of Topliss-reactive ketones (excluding diaryl/α,β-unsaturated/α-hetero) is 1. The van der Waals surface area contributed by atoms with Gasteiger partial charge in [-0.15, -0.1) is 0 Å². The molecule has 1 rings (SSSR count). The van der Waals surface area contributed by atoms with Gasteiger partial charge in [0.25, 0.3) is 0 Å². The van der Waals surface area contributed by atoms with Crippen LogP contribution in [0.5, 0.6) is 0 Å². The highest BCUT2D eigenvalue weighted by molar-refractivity contribution is 5.83. The molecule has 1 atom stereocenters. The van der Waals surface area contributed by atoms with Crippen LogP contribution in [0.3, 0.4) is 0 Å². The molecule has 0 saturated heterocycles. The van der Waals surface area contributed by atoms with Crippen molar-refractivity contribution in [3.63, 3.8) is 0 Å². The lowest BCUT2D eigenvalue weighted by Gasteiger charge is -2.12. The molecule has 0 aliphatic heterocycles. The fraction of sp³-hybridized carbons (Fsp3) is 0.385. The summed E-state index contributed by atoms with van der Waals surface area (Å²) in [6.45, 7) is 2.02. The molecule has 0 aliphatic rings. The maximum absolute atomic E-state index is 11.7. The minimum absolute atomic E-state index is 0.131. The molecule has 0 aromatic heterocycles. The summed E-state index contributed by atoms with van der Waals surface area (Å²) in [5, 5.41) is 2.72. The Hall–Kier alpha value is -1.68. The van der Waals surface area contributed by atoms with Gasteiger partial charge in [0.1, 0.15) is 11.8 Å². The van der Waals surface area contributed by atoms with E-state index in [0.29, 0.717) is 19.4 Å². The Kier molecular flexibility index (Phi) is 5.36. The lowest BCUT2D eigenvalue weighted by Crippen LogP contribution is -2.34. The van der Waals surface area contributed by atoms with Crippen molar-refractivity contribution < 1.29 is 9.59 Å². The van der Waals surface area contributed by atoms with Gasteiger partial charge < -0.3 is 15.8 Å². The lowest BCUT2D eigenvalue weighted by molar-refractivity contribution is -0.123. The SMILES string of the molecule is CC(=O)CCCNC(=O)C(N)c1ccccc1. The molecule has 17 heavy (non-hydrogen) atoms. The second-order valence-corrected chi connectivity index (χ2v) is 3.98. The number of carbonyl (C=O) groups is 2. The van der Waals surface area contributed by atoms with E-state index >= 15 is 0 Å². The molecule has 0 spiro atoms. The summed E-state index contributed by atoms with van der Waals surface area (Å²) in [7, 11) is 0. The molecule has 3 N–H and O–H groups in total. The first kappa shape index (κ1) is 13.4. The number of hydrogen-bond acceptors (Lipinski definition) is 3. The normalized spacial score (nSPS) is 11.9. The van der Waals surface area contributed by atoms with Crippen molar-refractivity contribution in [1.29, 1.82) is 0 Å². The van der Waals surface area contributed by atoms with Crippen LogP contribution in [0.15, 0.2) is 30.3 Å². The molecule has 1 aromatic rings. The molecule has 0 aliphatic carbocycles. The summed E-state index contributed by atoms with van der Waals surface area (Å²) in [5.74, 6) is -0.0774. The Morgan fingerprint density at radius 2 is 1.94 bits per heavy atom. The third-order valence-electron chi connectivity index (χ3n) is 2.45. The molecular formula is C13H18N2O2. The Morgan fingerprint density at radius 1 is 1.29 bits per heavy atom. The lowest BCUT2D eigenvalue weighted by atomic mass is 10.1. The number of rotatable bonds is 6. The van der Waals surface area contributed by atoms with Gasteiger partial charge in [0.05, 0.1) is 0 Å². The summed E-state index contributed by atoms with van der Waals surface area (Å²) in [4.78, 5) is 22.4. The van der Waals surface area contributed by atoms with E-state index in [-0.39, 0.29) is 11.7 Å². The van der Waals surface area contributed by atoms with Crippen molar-refractivity contribution in [2.45, 2.75) is 25.8 Å². The topological polar surface area (TPSA) is 72.2 Å². The Balaban J connectivity index is 2.35. The number of ketones is 1. The van der Waals surface area contributed by atoms with E-state index in [1.165, 1.54) is 6.92 Å². The summed E-state index contributed by atoms with van der Waals surface area (Å²) in [5.41, 5.74) is 6.59. The molecule has 4 nitrogen and oxygen atoms in total. The first-order chi connectivity index (χ1) is 8.11. The number of hydrogen-bond donors (Lipinski definition) is 2. The van der Waals surface area contributed by atoms with Crippen molar-refractivity contribution in [3.8, 4) is 0 Å². The van der Waals surface area contributed by atoms with Crippen LogP contribution in [-0.4, -0.2) is 18.2 Å². The Morgan fingerprint density at radius 3 is 2.53 bits per heavy atom. The average molecular weight is 234 g/mol. The molecule has 0 saturated carbocycles. The van der Waals surface area contributed by atoms with E-state index in [2.05, 4.69) is 5.32 Å². The van der Waals surface area contributed by atoms with Gasteiger partial charge >= 0.3 is 0 Å². The third-order valence-corrected chi connectivity index (χ3v) is 2.45. The van der Waals surface area contributed by atoms with Crippen molar-refractivity contribution in [2.75, 3.05) is 6.54 Å². The quantitative estimate of drug-likeness (QED) is 0.726. The van der Waals surface area contributed by atoms with Crippen molar-refractivity contribution >= 4 is 11.7 Å². The highest BCUT2D eigenvalue weighted by atomic mass is 16.2. The summed E-state index contributed by atoms with van der Waals surface area (Å²) >= 11 is 0. The Labute approximate surface area is 101 Å². The minimum Gasteiger partial charge on any atom is -0.354 e. The highest BCUT2D eigenvalue weighted by Crippen LogP contribution is 2.08. The summed E-state index contributed by atoms with van der Waals surface area (Å²) in [6.07, 6.45) is 1.14. The smallest absolute Gasteiger partial charge is 0.241 e. The first-order valence-corrected chi connectivity index (χ1v) is 5.69. The van der Waals surface area contributed by atoms with Gasteiger partial charge in [0.2, 0.25) is 5.91 Å². The van der Waals surface area contributed by atoms with Crippen LogP contribution >= 0.6 is 0 Å². The maximum atomic E-state index is 11.7. The molecule has 0 radical (unpaired) electrons. The predicted molar refractivity (Wildman–Crippen MR) is 66.3 cm³/mol. The van der Waals surface area contributed by atoms with Crippen LogP contribution in [0, 0.1) is 0 Å². The van der Waals surface area contributed by atoms with Gasteiger partial charge in [-0.05, 0) is 18.9 Å². The van der Waals surface area contributed by atoms with E-state index in [1.807, 2.05) is 30.3 Å². The van der Waals surface area contributed by atoms with Crippen molar-refractivity contribution in [2.24, 2.45) is 5.73 Å². The monoisotopic (exact) mass is 234 g/mol. The fourth-order valence-corrected chi connectivity index (χ4v) is 1.47. The van der Waals surface area contributed by atoms with Gasteiger partial charge in [-0.3, -0.25) is 4.79 Å². The van der Waals surface area contributed by atoms with E-state index in [9.17, 15) is 9.59 Å². The van der Waals surface area contributed by atoms with Gasteiger partial charge in [-0.25, -0.2) is 0 Å². The van der Waals surface area contributed by atoms with Gasteiger partial charge in [0.15, 0.2) is 0 Å². The molecule has 0 fully saturated rings. The molecule has 1 aromatic carbocycles. The number of benzene rings is 1. The van der Waals surface area contributed by atoms with Gasteiger partial charge in [-0.1, -0.05) is 30.3 Å². The molecule has 0 heterocycles. The van der Waals surface area contributed by atoms with Crippen molar-refractivity contribution in [3.05, 3.63) is 35.9 Å². The zero-order chi connectivity index (χ0) is 12.7. The first-order valence-electron chi connectivity index (χ1n) is 5.69. The standard InChI is InChI=1S/C13H18N2O2/c1-10(16)6-5-9-15-13(17)12(14)11-7-3-2-4-8-11/h2-4,7-8,12H,5-6,9,14H2,1H3,(H,15,17). The molecule has 0 bridgehead atoms. The molecule has 1 amide bonds. The van der Waals surface area contributed by atoms with Crippen LogP contribution in [0.1, 0.15) is 31.4 Å². The minimum atomic E-state index is -0.645.